The zero-order valence-corrected chi connectivity index (χ0v) is 16.0. The van der Waals surface area contributed by atoms with E-state index < -0.39 is 0 Å². The Kier molecular flexibility index (Phi) is 5.54. The quantitative estimate of drug-likeness (QED) is 0.723. The van der Waals surface area contributed by atoms with Crippen LogP contribution in [0.2, 0.25) is 0 Å². The maximum Gasteiger partial charge on any atom is 0.273 e. The van der Waals surface area contributed by atoms with Gasteiger partial charge >= 0.3 is 0 Å². The summed E-state index contributed by atoms with van der Waals surface area (Å²) in [6.07, 6.45) is 6.04. The van der Waals surface area contributed by atoms with Gasteiger partial charge in [0.15, 0.2) is 5.69 Å². The molecule has 150 valence electrons. The van der Waals surface area contributed by atoms with E-state index in [1.807, 2.05) is 6.07 Å². The number of nitrogens with one attached hydrogen (secondary N) is 1. The Morgan fingerprint density at radius 2 is 2.32 bits per heavy atom. The number of carbonyl (C=O) groups is 1. The van der Waals surface area contributed by atoms with Crippen LogP contribution in [0.1, 0.15) is 29.4 Å². The predicted molar refractivity (Wildman–Crippen MR) is 98.8 cm³/mol. The maximum atomic E-state index is 12.4. The molecule has 0 spiro atoms. The lowest BCUT2D eigenvalue weighted by molar-refractivity contribution is -0.111. The molecule has 4 rings (SSSR count). The third kappa shape index (κ3) is 4.48. The molecule has 2 saturated heterocycles. The number of amides is 1. The van der Waals surface area contributed by atoms with E-state index in [0.29, 0.717) is 50.3 Å². The Labute approximate surface area is 163 Å². The summed E-state index contributed by atoms with van der Waals surface area (Å²) in [4.78, 5) is 16.6. The van der Waals surface area contributed by atoms with E-state index in [4.69, 9.17) is 14.2 Å². The first-order valence-corrected chi connectivity index (χ1v) is 9.51. The van der Waals surface area contributed by atoms with Crippen molar-refractivity contribution in [2.45, 2.75) is 26.4 Å². The van der Waals surface area contributed by atoms with E-state index in [1.54, 1.807) is 23.3 Å². The number of pyridine rings is 1. The summed E-state index contributed by atoms with van der Waals surface area (Å²) >= 11 is 0. The second kappa shape index (κ2) is 8.24. The van der Waals surface area contributed by atoms with E-state index in [9.17, 15) is 4.79 Å². The standard InChI is InChI=1S/C19H25N5O4/c1-19(12-27-13-19)11-24-8-16(22-23-24)18(25)21-6-15-2-4-20-7-17(15)28-10-14-3-5-26-9-14/h2,4,7-8,14H,3,5-6,9-13H2,1H3,(H,21,25). The molecule has 0 aliphatic carbocycles. The van der Waals surface area contributed by atoms with Gasteiger partial charge in [0.05, 0.1) is 45.4 Å². The van der Waals surface area contributed by atoms with Crippen molar-refractivity contribution in [1.82, 2.24) is 25.3 Å². The minimum Gasteiger partial charge on any atom is -0.491 e. The molecule has 1 amide bonds. The van der Waals surface area contributed by atoms with Gasteiger partial charge in [0.2, 0.25) is 0 Å². The van der Waals surface area contributed by atoms with Crippen LogP contribution in [0.25, 0.3) is 0 Å². The average molecular weight is 387 g/mol. The van der Waals surface area contributed by atoms with Crippen LogP contribution in [-0.4, -0.2) is 58.9 Å². The Morgan fingerprint density at radius 1 is 1.43 bits per heavy atom. The second-order valence-corrected chi connectivity index (χ2v) is 7.81. The molecule has 2 fully saturated rings. The summed E-state index contributed by atoms with van der Waals surface area (Å²) in [5.41, 5.74) is 1.23. The predicted octanol–water partition coefficient (Wildman–Crippen LogP) is 1.05. The molecule has 4 heterocycles. The summed E-state index contributed by atoms with van der Waals surface area (Å²) in [6, 6.07) is 1.84. The minimum atomic E-state index is -0.270. The number of carbonyl (C=O) groups excluding carboxylic acids is 1. The highest BCUT2D eigenvalue weighted by Gasteiger charge is 2.34. The van der Waals surface area contributed by atoms with E-state index in [2.05, 4.69) is 27.5 Å². The fourth-order valence-corrected chi connectivity index (χ4v) is 3.29. The molecule has 0 bridgehead atoms. The Balaban J connectivity index is 1.31. The van der Waals surface area contributed by atoms with Crippen LogP contribution in [0.4, 0.5) is 0 Å². The first kappa shape index (κ1) is 18.8. The lowest BCUT2D eigenvalue weighted by Crippen LogP contribution is -2.43. The molecule has 0 aromatic carbocycles. The van der Waals surface area contributed by atoms with Crippen molar-refractivity contribution in [1.29, 1.82) is 0 Å². The fourth-order valence-electron chi connectivity index (χ4n) is 3.29. The van der Waals surface area contributed by atoms with Gasteiger partial charge in [-0.3, -0.25) is 14.5 Å². The topological polar surface area (TPSA) is 100 Å². The third-order valence-corrected chi connectivity index (χ3v) is 5.02. The van der Waals surface area contributed by atoms with Crippen LogP contribution in [0.5, 0.6) is 5.75 Å². The molecule has 9 heteroatoms. The lowest BCUT2D eigenvalue weighted by atomic mass is 9.89. The first-order valence-electron chi connectivity index (χ1n) is 9.51. The molecule has 2 aliphatic rings. The van der Waals surface area contributed by atoms with Crippen molar-refractivity contribution in [3.8, 4) is 5.75 Å². The smallest absolute Gasteiger partial charge is 0.273 e. The van der Waals surface area contributed by atoms with Gasteiger partial charge in [0.1, 0.15) is 5.75 Å². The normalized spacial score (nSPS) is 20.5. The molecule has 0 saturated carbocycles. The fraction of sp³-hybridized carbons (Fsp3) is 0.579. The van der Waals surface area contributed by atoms with E-state index in [0.717, 1.165) is 25.2 Å². The minimum absolute atomic E-state index is 0.0646. The highest BCUT2D eigenvalue weighted by Crippen LogP contribution is 2.28. The Hall–Kier alpha value is -2.52. The SMILES string of the molecule is CC1(Cn2cc(C(=O)NCc3ccncc3OCC3CCOC3)nn2)COC1. The molecule has 2 aromatic heterocycles. The van der Waals surface area contributed by atoms with Gasteiger partial charge < -0.3 is 19.5 Å². The third-order valence-electron chi connectivity index (χ3n) is 5.02. The second-order valence-electron chi connectivity index (χ2n) is 7.81. The van der Waals surface area contributed by atoms with Crippen molar-refractivity contribution >= 4 is 5.91 Å². The number of nitrogens with zero attached hydrogens (tertiary/aromatic N) is 4. The number of hydrogen-bond acceptors (Lipinski definition) is 7. The van der Waals surface area contributed by atoms with Crippen molar-refractivity contribution in [3.05, 3.63) is 35.9 Å². The van der Waals surface area contributed by atoms with Gasteiger partial charge in [-0.1, -0.05) is 12.1 Å². The molecule has 2 aromatic rings. The summed E-state index contributed by atoms with van der Waals surface area (Å²) in [5.74, 6) is 0.810. The van der Waals surface area contributed by atoms with Crippen LogP contribution in [-0.2, 0) is 22.6 Å². The summed E-state index contributed by atoms with van der Waals surface area (Å²) in [5, 5.41) is 10.9. The lowest BCUT2D eigenvalue weighted by Gasteiger charge is -2.37. The highest BCUT2D eigenvalue weighted by molar-refractivity contribution is 5.91. The Bertz CT molecular complexity index is 814. The molecular weight excluding hydrogens is 362 g/mol. The van der Waals surface area contributed by atoms with E-state index in [1.165, 1.54) is 0 Å². The highest BCUT2D eigenvalue weighted by atomic mass is 16.5. The van der Waals surface area contributed by atoms with E-state index >= 15 is 0 Å². The van der Waals surface area contributed by atoms with Crippen LogP contribution >= 0.6 is 0 Å². The molecule has 28 heavy (non-hydrogen) atoms. The van der Waals surface area contributed by atoms with Gasteiger partial charge in [-0.05, 0) is 12.5 Å². The average Bonchev–Trinajstić information content (AvgIpc) is 3.36. The van der Waals surface area contributed by atoms with Crippen molar-refractivity contribution in [2.24, 2.45) is 11.3 Å². The number of ether oxygens (including phenoxy) is 3. The van der Waals surface area contributed by atoms with Gasteiger partial charge in [-0.25, -0.2) is 0 Å². The Morgan fingerprint density at radius 3 is 3.07 bits per heavy atom. The zero-order valence-electron chi connectivity index (χ0n) is 16.0. The van der Waals surface area contributed by atoms with Gasteiger partial charge in [0.25, 0.3) is 5.91 Å². The van der Waals surface area contributed by atoms with E-state index in [-0.39, 0.29) is 11.3 Å². The van der Waals surface area contributed by atoms with Crippen molar-refractivity contribution in [2.75, 3.05) is 33.0 Å². The van der Waals surface area contributed by atoms with Crippen molar-refractivity contribution < 1.29 is 19.0 Å². The molecule has 1 unspecified atom stereocenters. The molecule has 2 aliphatic heterocycles. The monoisotopic (exact) mass is 387 g/mol. The van der Waals surface area contributed by atoms with Crippen LogP contribution in [0, 0.1) is 11.3 Å². The number of aromatic nitrogens is 4. The summed E-state index contributed by atoms with van der Waals surface area (Å²) < 4.78 is 18.2. The maximum absolute atomic E-state index is 12.4. The molecule has 1 N–H and O–H groups in total. The number of hydrogen-bond donors (Lipinski definition) is 1. The number of rotatable bonds is 8. The molecular formula is C19H25N5O4. The molecule has 9 nitrogen and oxygen atoms in total. The van der Waals surface area contributed by atoms with Gasteiger partial charge in [-0.15, -0.1) is 5.10 Å². The summed E-state index contributed by atoms with van der Waals surface area (Å²) in [7, 11) is 0. The first-order chi connectivity index (χ1) is 13.6. The summed E-state index contributed by atoms with van der Waals surface area (Å²) in [6.45, 7) is 6.64. The molecule has 0 radical (unpaired) electrons. The van der Waals surface area contributed by atoms with Crippen LogP contribution in [0.15, 0.2) is 24.7 Å². The van der Waals surface area contributed by atoms with Gasteiger partial charge in [0, 0.05) is 36.2 Å². The molecule has 1 atom stereocenters. The largest absolute Gasteiger partial charge is 0.491 e. The van der Waals surface area contributed by atoms with Crippen LogP contribution < -0.4 is 10.1 Å². The van der Waals surface area contributed by atoms with Crippen LogP contribution in [0.3, 0.4) is 0 Å². The van der Waals surface area contributed by atoms with Gasteiger partial charge in [-0.2, -0.15) is 0 Å². The zero-order chi connectivity index (χ0) is 19.4. The van der Waals surface area contributed by atoms with Crippen molar-refractivity contribution in [3.63, 3.8) is 0 Å².